The number of benzene rings is 1. The van der Waals surface area contributed by atoms with Crippen molar-refractivity contribution < 1.29 is 0 Å². The molecule has 1 aromatic carbocycles. The second kappa shape index (κ2) is 4.27. The minimum absolute atomic E-state index is 0.642. The first kappa shape index (κ1) is 10.9. The van der Waals surface area contributed by atoms with Gasteiger partial charge in [-0.2, -0.15) is 0 Å². The van der Waals surface area contributed by atoms with E-state index in [1.54, 1.807) is 11.1 Å². The maximum atomic E-state index is 3.68. The molecule has 2 saturated heterocycles. The number of piperidine rings is 2. The number of hydrogen-bond acceptors (Lipinski definition) is 2. The van der Waals surface area contributed by atoms with Crippen LogP contribution in [0.1, 0.15) is 55.2 Å². The summed E-state index contributed by atoms with van der Waals surface area (Å²) in [6.07, 6.45) is 6.79. The normalized spacial score (nSPS) is 30.3. The third-order valence-electron chi connectivity index (χ3n) is 5.01. The Morgan fingerprint density at radius 1 is 1.06 bits per heavy atom. The third-order valence-corrected chi connectivity index (χ3v) is 5.01. The van der Waals surface area contributed by atoms with Crippen LogP contribution in [-0.4, -0.2) is 19.6 Å². The standard InChI is InChI=1S/C16H22N2/c1-2-8-18(9-3-1)13-4-5-14-12-6-7-17-16(10-12)15(14)11-13/h4-5,11-12,16-17H,1-3,6-10H2/t12?,16-/m0/s1. The molecule has 1 N–H and O–H groups in total. The molecule has 2 atom stereocenters. The van der Waals surface area contributed by atoms with Crippen molar-refractivity contribution >= 4 is 5.69 Å². The summed E-state index contributed by atoms with van der Waals surface area (Å²) in [7, 11) is 0. The Kier molecular flexibility index (Phi) is 2.58. The zero-order valence-corrected chi connectivity index (χ0v) is 11.0. The fourth-order valence-electron chi connectivity index (χ4n) is 4.02. The topological polar surface area (TPSA) is 15.3 Å². The van der Waals surface area contributed by atoms with Crippen LogP contribution >= 0.6 is 0 Å². The molecule has 1 unspecified atom stereocenters. The van der Waals surface area contributed by atoms with Crippen LogP contribution < -0.4 is 10.2 Å². The van der Waals surface area contributed by atoms with Crippen LogP contribution in [0.2, 0.25) is 0 Å². The third kappa shape index (κ3) is 1.66. The van der Waals surface area contributed by atoms with E-state index in [0.29, 0.717) is 6.04 Å². The largest absolute Gasteiger partial charge is 0.372 e. The van der Waals surface area contributed by atoms with Gasteiger partial charge in [-0.25, -0.2) is 0 Å². The number of nitrogens with zero attached hydrogens (tertiary/aromatic N) is 1. The minimum atomic E-state index is 0.642. The smallest absolute Gasteiger partial charge is 0.0369 e. The van der Waals surface area contributed by atoms with Crippen molar-refractivity contribution in [3.63, 3.8) is 0 Å². The lowest BCUT2D eigenvalue weighted by atomic mass is 9.96. The second-order valence-electron chi connectivity index (χ2n) is 6.09. The monoisotopic (exact) mass is 242 g/mol. The molecule has 0 amide bonds. The van der Waals surface area contributed by atoms with Crippen LogP contribution in [0.3, 0.4) is 0 Å². The highest BCUT2D eigenvalue weighted by Gasteiger charge is 2.34. The lowest BCUT2D eigenvalue weighted by Crippen LogP contribution is -2.29. The Balaban J connectivity index is 1.67. The number of hydrogen-bond donors (Lipinski definition) is 1. The van der Waals surface area contributed by atoms with E-state index in [4.69, 9.17) is 0 Å². The van der Waals surface area contributed by atoms with Crippen molar-refractivity contribution in [1.29, 1.82) is 0 Å². The Morgan fingerprint density at radius 2 is 1.94 bits per heavy atom. The van der Waals surface area contributed by atoms with Crippen molar-refractivity contribution in [3.05, 3.63) is 29.3 Å². The highest BCUT2D eigenvalue weighted by atomic mass is 15.1. The summed E-state index contributed by atoms with van der Waals surface area (Å²) in [5, 5.41) is 3.68. The molecule has 1 aliphatic carbocycles. The van der Waals surface area contributed by atoms with E-state index >= 15 is 0 Å². The van der Waals surface area contributed by atoms with Gasteiger partial charge in [0.25, 0.3) is 0 Å². The van der Waals surface area contributed by atoms with Gasteiger partial charge in [0.15, 0.2) is 0 Å². The van der Waals surface area contributed by atoms with Gasteiger partial charge in [-0.1, -0.05) is 6.07 Å². The lowest BCUT2D eigenvalue weighted by molar-refractivity contribution is 0.409. The molecular formula is C16H22N2. The molecule has 2 nitrogen and oxygen atoms in total. The Morgan fingerprint density at radius 3 is 2.83 bits per heavy atom. The Labute approximate surface area is 109 Å². The van der Waals surface area contributed by atoms with Gasteiger partial charge in [-0.05, 0) is 67.8 Å². The number of fused-ring (bicyclic) bond motifs is 5. The van der Waals surface area contributed by atoms with Crippen molar-refractivity contribution in [3.8, 4) is 0 Å². The predicted octanol–water partition coefficient (Wildman–Crippen LogP) is 3.20. The van der Waals surface area contributed by atoms with E-state index in [-0.39, 0.29) is 0 Å². The highest BCUT2D eigenvalue weighted by Crippen LogP contribution is 2.45. The van der Waals surface area contributed by atoms with Crippen LogP contribution in [0.4, 0.5) is 5.69 Å². The van der Waals surface area contributed by atoms with Crippen LogP contribution in [0.25, 0.3) is 0 Å². The fraction of sp³-hybridized carbons (Fsp3) is 0.625. The maximum Gasteiger partial charge on any atom is 0.0369 e. The summed E-state index contributed by atoms with van der Waals surface area (Å²) < 4.78 is 0. The van der Waals surface area contributed by atoms with Crippen molar-refractivity contribution in [1.82, 2.24) is 5.32 Å². The van der Waals surface area contributed by atoms with Crippen LogP contribution in [0, 0.1) is 0 Å². The van der Waals surface area contributed by atoms with Crippen molar-refractivity contribution in [2.24, 2.45) is 0 Å². The molecule has 0 radical (unpaired) electrons. The lowest BCUT2D eigenvalue weighted by Gasteiger charge is -2.29. The van der Waals surface area contributed by atoms with Gasteiger partial charge in [0.05, 0.1) is 0 Å². The molecule has 2 heterocycles. The first-order valence-corrected chi connectivity index (χ1v) is 7.54. The summed E-state index contributed by atoms with van der Waals surface area (Å²) in [6.45, 7) is 3.70. The summed E-state index contributed by atoms with van der Waals surface area (Å²) in [5.41, 5.74) is 4.69. The van der Waals surface area contributed by atoms with Crippen molar-refractivity contribution in [2.45, 2.75) is 44.1 Å². The molecule has 0 spiro atoms. The molecule has 2 fully saturated rings. The first-order valence-electron chi connectivity index (χ1n) is 7.54. The number of nitrogens with one attached hydrogen (secondary N) is 1. The highest BCUT2D eigenvalue weighted by molar-refractivity contribution is 5.55. The fourth-order valence-corrected chi connectivity index (χ4v) is 4.02. The number of rotatable bonds is 1. The average molecular weight is 242 g/mol. The predicted molar refractivity (Wildman–Crippen MR) is 75.2 cm³/mol. The summed E-state index contributed by atoms with van der Waals surface area (Å²) in [5.74, 6) is 0.835. The van der Waals surface area contributed by atoms with Crippen molar-refractivity contribution in [2.75, 3.05) is 24.5 Å². The molecule has 4 rings (SSSR count). The molecule has 3 aliphatic rings. The quantitative estimate of drug-likeness (QED) is 0.813. The van der Waals surface area contributed by atoms with Crippen LogP contribution in [-0.2, 0) is 0 Å². The average Bonchev–Trinajstić information content (AvgIpc) is 2.71. The van der Waals surface area contributed by atoms with Gasteiger partial charge in [0.1, 0.15) is 0 Å². The molecule has 0 saturated carbocycles. The molecule has 2 heteroatoms. The minimum Gasteiger partial charge on any atom is -0.372 e. The SMILES string of the molecule is c1cc2c(cc1N1CCCCC1)[C@@H]1CC2CCN1. The van der Waals surface area contributed by atoms with Crippen LogP contribution in [0.15, 0.2) is 18.2 Å². The summed E-state index contributed by atoms with van der Waals surface area (Å²) in [6, 6.07) is 7.90. The molecule has 18 heavy (non-hydrogen) atoms. The second-order valence-corrected chi connectivity index (χ2v) is 6.09. The van der Waals surface area contributed by atoms with E-state index in [1.165, 1.54) is 57.4 Å². The van der Waals surface area contributed by atoms with E-state index in [9.17, 15) is 0 Å². The molecule has 2 aliphatic heterocycles. The van der Waals surface area contributed by atoms with E-state index in [0.717, 1.165) is 5.92 Å². The zero-order chi connectivity index (χ0) is 11.9. The van der Waals surface area contributed by atoms with Crippen LogP contribution in [0.5, 0.6) is 0 Å². The molecule has 2 bridgehead atoms. The van der Waals surface area contributed by atoms with E-state index in [1.807, 2.05) is 0 Å². The molecule has 1 aromatic rings. The molecule has 0 aromatic heterocycles. The maximum absolute atomic E-state index is 3.68. The first-order chi connectivity index (χ1) is 8.92. The molecular weight excluding hydrogens is 220 g/mol. The van der Waals surface area contributed by atoms with E-state index < -0.39 is 0 Å². The van der Waals surface area contributed by atoms with Gasteiger partial charge in [0.2, 0.25) is 0 Å². The zero-order valence-electron chi connectivity index (χ0n) is 11.0. The number of anilines is 1. The summed E-state index contributed by atoms with van der Waals surface area (Å²) in [4.78, 5) is 2.58. The van der Waals surface area contributed by atoms with Gasteiger partial charge in [-0.15, -0.1) is 0 Å². The molecule has 96 valence electrons. The Hall–Kier alpha value is -1.02. The Bertz CT molecular complexity index is 448. The van der Waals surface area contributed by atoms with Gasteiger partial charge in [0, 0.05) is 24.8 Å². The van der Waals surface area contributed by atoms with E-state index in [2.05, 4.69) is 28.4 Å². The van der Waals surface area contributed by atoms with Gasteiger partial charge < -0.3 is 10.2 Å². The van der Waals surface area contributed by atoms with Gasteiger partial charge in [-0.3, -0.25) is 0 Å². The summed E-state index contributed by atoms with van der Waals surface area (Å²) >= 11 is 0. The van der Waals surface area contributed by atoms with Gasteiger partial charge >= 0.3 is 0 Å².